The van der Waals surface area contributed by atoms with Gasteiger partial charge < -0.3 is 9.64 Å². The lowest BCUT2D eigenvalue weighted by Gasteiger charge is -2.31. The van der Waals surface area contributed by atoms with Gasteiger partial charge in [-0.25, -0.2) is 4.98 Å². The van der Waals surface area contributed by atoms with Gasteiger partial charge in [0.25, 0.3) is 5.91 Å². The predicted molar refractivity (Wildman–Crippen MR) is 114 cm³/mol. The molecule has 1 aliphatic rings. The number of para-hydroxylation sites is 1. The molecule has 2 heterocycles. The Morgan fingerprint density at radius 3 is 2.54 bits per heavy atom. The first-order valence-corrected chi connectivity index (χ1v) is 10.8. The lowest BCUT2D eigenvalue weighted by molar-refractivity contribution is -0.134. The van der Waals surface area contributed by atoms with Crippen molar-refractivity contribution in [3.05, 3.63) is 59.1 Å². The van der Waals surface area contributed by atoms with E-state index in [2.05, 4.69) is 44.2 Å². The summed E-state index contributed by atoms with van der Waals surface area (Å²) >= 11 is 1.78. The number of aromatic nitrogens is 1. The van der Waals surface area contributed by atoms with Crippen molar-refractivity contribution in [3.63, 3.8) is 0 Å². The molecule has 0 saturated carbocycles. The Bertz CT molecular complexity index is 908. The number of amides is 1. The molecule has 0 spiro atoms. The number of fused-ring (bicyclic) bond motifs is 1. The highest BCUT2D eigenvalue weighted by Gasteiger charge is 2.26. The minimum atomic E-state index is 0.0654. The minimum Gasteiger partial charge on any atom is -0.484 e. The molecule has 0 N–H and O–H groups in total. The molecule has 1 aromatic heterocycles. The zero-order chi connectivity index (χ0) is 19.5. The van der Waals surface area contributed by atoms with E-state index in [0.29, 0.717) is 11.8 Å². The fourth-order valence-corrected chi connectivity index (χ4v) is 4.76. The van der Waals surface area contributed by atoms with Crippen molar-refractivity contribution < 1.29 is 9.53 Å². The van der Waals surface area contributed by atoms with Gasteiger partial charge in [0.2, 0.25) is 0 Å². The van der Waals surface area contributed by atoms with Crippen LogP contribution in [0.5, 0.6) is 5.75 Å². The van der Waals surface area contributed by atoms with Crippen LogP contribution in [0.3, 0.4) is 0 Å². The fourth-order valence-electron chi connectivity index (χ4n) is 3.63. The summed E-state index contributed by atoms with van der Waals surface area (Å²) in [5.41, 5.74) is 2.36. The summed E-state index contributed by atoms with van der Waals surface area (Å²) in [6.45, 7) is 5.98. The molecule has 0 radical (unpaired) electrons. The SMILES string of the molecule is CC(C)c1ccc(OCC(=O)N2CCC(c3nc4ccccc4s3)CC2)cc1. The molecule has 1 saturated heterocycles. The molecule has 146 valence electrons. The summed E-state index contributed by atoms with van der Waals surface area (Å²) in [6.07, 6.45) is 1.93. The van der Waals surface area contributed by atoms with Crippen LogP contribution in [0, 0.1) is 0 Å². The molecule has 1 fully saturated rings. The highest BCUT2D eigenvalue weighted by Crippen LogP contribution is 2.33. The van der Waals surface area contributed by atoms with E-state index in [0.717, 1.165) is 37.2 Å². The van der Waals surface area contributed by atoms with Crippen LogP contribution in [0.2, 0.25) is 0 Å². The summed E-state index contributed by atoms with van der Waals surface area (Å²) in [5, 5.41) is 1.20. The van der Waals surface area contributed by atoms with E-state index in [1.165, 1.54) is 15.3 Å². The summed E-state index contributed by atoms with van der Waals surface area (Å²) in [6, 6.07) is 16.3. The molecular weight excluding hydrogens is 368 g/mol. The van der Waals surface area contributed by atoms with Gasteiger partial charge in [0.15, 0.2) is 6.61 Å². The Hall–Kier alpha value is -2.40. The van der Waals surface area contributed by atoms with Crippen molar-refractivity contribution in [2.45, 2.75) is 38.5 Å². The second-order valence-electron chi connectivity index (χ2n) is 7.69. The Kier molecular flexibility index (Phi) is 5.62. The van der Waals surface area contributed by atoms with Gasteiger partial charge in [0, 0.05) is 19.0 Å². The van der Waals surface area contributed by atoms with E-state index in [1.54, 1.807) is 11.3 Å². The van der Waals surface area contributed by atoms with Crippen LogP contribution in [0.4, 0.5) is 0 Å². The van der Waals surface area contributed by atoms with Crippen LogP contribution in [-0.4, -0.2) is 35.5 Å². The van der Waals surface area contributed by atoms with Crippen molar-refractivity contribution in [1.29, 1.82) is 0 Å². The van der Waals surface area contributed by atoms with Gasteiger partial charge in [-0.2, -0.15) is 0 Å². The van der Waals surface area contributed by atoms with Gasteiger partial charge >= 0.3 is 0 Å². The second kappa shape index (κ2) is 8.31. The monoisotopic (exact) mass is 394 g/mol. The van der Waals surface area contributed by atoms with E-state index < -0.39 is 0 Å². The molecule has 1 amide bonds. The molecule has 3 aromatic rings. The number of ether oxygens (including phenoxy) is 1. The highest BCUT2D eigenvalue weighted by molar-refractivity contribution is 7.18. The third kappa shape index (κ3) is 4.20. The first kappa shape index (κ1) is 18.9. The number of piperidine rings is 1. The zero-order valence-electron chi connectivity index (χ0n) is 16.4. The molecule has 0 bridgehead atoms. The summed E-state index contributed by atoms with van der Waals surface area (Å²) in [4.78, 5) is 19.2. The average Bonchev–Trinajstić information content (AvgIpc) is 3.16. The normalized spacial score (nSPS) is 15.3. The van der Waals surface area contributed by atoms with Gasteiger partial charge in [0.1, 0.15) is 5.75 Å². The molecule has 0 atom stereocenters. The number of nitrogens with zero attached hydrogens (tertiary/aromatic N) is 2. The molecule has 4 rings (SSSR count). The molecular formula is C23H26N2O2S. The van der Waals surface area contributed by atoms with Crippen molar-refractivity contribution in [2.24, 2.45) is 0 Å². The molecule has 0 unspecified atom stereocenters. The average molecular weight is 395 g/mol. The summed E-state index contributed by atoms with van der Waals surface area (Å²) in [5.74, 6) is 1.76. The van der Waals surface area contributed by atoms with Crippen LogP contribution in [-0.2, 0) is 4.79 Å². The van der Waals surface area contributed by atoms with Crippen LogP contribution < -0.4 is 4.74 Å². The Morgan fingerprint density at radius 2 is 1.86 bits per heavy atom. The first-order valence-electron chi connectivity index (χ1n) is 9.96. The van der Waals surface area contributed by atoms with Crippen LogP contribution >= 0.6 is 11.3 Å². The minimum absolute atomic E-state index is 0.0654. The molecule has 4 nitrogen and oxygen atoms in total. The van der Waals surface area contributed by atoms with E-state index in [1.807, 2.05) is 23.1 Å². The van der Waals surface area contributed by atoms with E-state index in [9.17, 15) is 4.79 Å². The Balaban J connectivity index is 1.28. The van der Waals surface area contributed by atoms with Gasteiger partial charge in [-0.1, -0.05) is 38.1 Å². The van der Waals surface area contributed by atoms with Crippen LogP contribution in [0.1, 0.15) is 49.1 Å². The van der Waals surface area contributed by atoms with E-state index in [4.69, 9.17) is 9.72 Å². The maximum Gasteiger partial charge on any atom is 0.260 e. The number of likely N-dealkylation sites (tertiary alicyclic amines) is 1. The largest absolute Gasteiger partial charge is 0.484 e. The number of hydrogen-bond donors (Lipinski definition) is 0. The number of rotatable bonds is 5. The van der Waals surface area contributed by atoms with Gasteiger partial charge in [-0.05, 0) is 48.6 Å². The quantitative estimate of drug-likeness (QED) is 0.597. The van der Waals surface area contributed by atoms with Crippen LogP contribution in [0.25, 0.3) is 10.2 Å². The molecule has 0 aliphatic carbocycles. The third-order valence-electron chi connectivity index (χ3n) is 5.42. The van der Waals surface area contributed by atoms with Gasteiger partial charge in [-0.3, -0.25) is 4.79 Å². The maximum atomic E-state index is 12.5. The van der Waals surface area contributed by atoms with Gasteiger partial charge in [-0.15, -0.1) is 11.3 Å². The fraction of sp³-hybridized carbons (Fsp3) is 0.391. The number of thiazole rings is 1. The first-order chi connectivity index (χ1) is 13.6. The van der Waals surface area contributed by atoms with Gasteiger partial charge in [0.05, 0.1) is 15.2 Å². The van der Waals surface area contributed by atoms with Crippen LogP contribution in [0.15, 0.2) is 48.5 Å². The summed E-state index contributed by atoms with van der Waals surface area (Å²) < 4.78 is 6.95. The smallest absolute Gasteiger partial charge is 0.260 e. The van der Waals surface area contributed by atoms with E-state index >= 15 is 0 Å². The molecule has 1 aliphatic heterocycles. The number of carbonyl (C=O) groups excluding carboxylic acids is 1. The number of carbonyl (C=O) groups is 1. The number of hydrogen-bond acceptors (Lipinski definition) is 4. The van der Waals surface area contributed by atoms with Crippen molar-refractivity contribution in [1.82, 2.24) is 9.88 Å². The summed E-state index contributed by atoms with van der Waals surface area (Å²) in [7, 11) is 0. The van der Waals surface area contributed by atoms with Crippen molar-refractivity contribution >= 4 is 27.5 Å². The lowest BCUT2D eigenvalue weighted by atomic mass is 9.97. The number of benzene rings is 2. The maximum absolute atomic E-state index is 12.5. The topological polar surface area (TPSA) is 42.4 Å². The molecule has 5 heteroatoms. The second-order valence-corrected chi connectivity index (χ2v) is 8.75. The lowest BCUT2D eigenvalue weighted by Crippen LogP contribution is -2.40. The standard InChI is InChI=1S/C23H26N2O2S/c1-16(2)17-7-9-19(10-8-17)27-15-22(26)25-13-11-18(12-14-25)23-24-20-5-3-4-6-21(20)28-23/h3-10,16,18H,11-15H2,1-2H3. The molecule has 2 aromatic carbocycles. The van der Waals surface area contributed by atoms with Crippen molar-refractivity contribution in [2.75, 3.05) is 19.7 Å². The molecule has 28 heavy (non-hydrogen) atoms. The van der Waals surface area contributed by atoms with Crippen molar-refractivity contribution in [3.8, 4) is 5.75 Å². The van der Waals surface area contributed by atoms with E-state index in [-0.39, 0.29) is 12.5 Å². The predicted octanol–water partition coefficient (Wildman–Crippen LogP) is 5.20. The zero-order valence-corrected chi connectivity index (χ0v) is 17.2. The third-order valence-corrected chi connectivity index (χ3v) is 6.62. The Morgan fingerprint density at radius 1 is 1.14 bits per heavy atom. The highest BCUT2D eigenvalue weighted by atomic mass is 32.1. The Labute approximate surface area is 170 Å².